The Balaban J connectivity index is 2.34. The Morgan fingerprint density at radius 1 is 1.38 bits per heavy atom. The van der Waals surface area contributed by atoms with Gasteiger partial charge in [-0.3, -0.25) is 9.59 Å². The standard InChI is InChI=1S/C11H14O2/c1-9(12)11(13)8-7-10-5-3-2-4-6-10/h3,5-6H,2,4,7-8H2,1H3. The third kappa shape index (κ3) is 3.36. The summed E-state index contributed by atoms with van der Waals surface area (Å²) in [4.78, 5) is 21.6. The Morgan fingerprint density at radius 2 is 2.15 bits per heavy atom. The van der Waals surface area contributed by atoms with E-state index in [0.717, 1.165) is 12.8 Å². The molecule has 0 heterocycles. The van der Waals surface area contributed by atoms with Crippen molar-refractivity contribution in [3.63, 3.8) is 0 Å². The van der Waals surface area contributed by atoms with E-state index in [1.54, 1.807) is 0 Å². The summed E-state index contributed by atoms with van der Waals surface area (Å²) < 4.78 is 0. The van der Waals surface area contributed by atoms with Gasteiger partial charge >= 0.3 is 0 Å². The summed E-state index contributed by atoms with van der Waals surface area (Å²) in [6.45, 7) is 1.33. The van der Waals surface area contributed by atoms with Gasteiger partial charge in [-0.25, -0.2) is 0 Å². The maximum absolute atomic E-state index is 11.0. The molecule has 13 heavy (non-hydrogen) atoms. The Labute approximate surface area is 78.3 Å². The summed E-state index contributed by atoms with van der Waals surface area (Å²) in [6.07, 6.45) is 9.47. The number of carbonyl (C=O) groups excluding carboxylic acids is 2. The Morgan fingerprint density at radius 3 is 2.69 bits per heavy atom. The lowest BCUT2D eigenvalue weighted by atomic mass is 10.0. The van der Waals surface area contributed by atoms with E-state index in [4.69, 9.17) is 0 Å². The van der Waals surface area contributed by atoms with Gasteiger partial charge in [-0.1, -0.05) is 23.8 Å². The van der Waals surface area contributed by atoms with Crippen LogP contribution in [0.3, 0.4) is 0 Å². The highest BCUT2D eigenvalue weighted by molar-refractivity contribution is 6.36. The zero-order valence-electron chi connectivity index (χ0n) is 7.88. The molecule has 0 aromatic heterocycles. The molecule has 2 heteroatoms. The number of ketones is 2. The molecule has 0 amide bonds. The molecule has 0 N–H and O–H groups in total. The first-order chi connectivity index (χ1) is 6.20. The van der Waals surface area contributed by atoms with Gasteiger partial charge in [-0.2, -0.15) is 0 Å². The fourth-order valence-electron chi connectivity index (χ4n) is 1.29. The van der Waals surface area contributed by atoms with Crippen molar-refractivity contribution in [3.8, 4) is 0 Å². The molecule has 70 valence electrons. The van der Waals surface area contributed by atoms with Gasteiger partial charge in [0, 0.05) is 13.3 Å². The topological polar surface area (TPSA) is 34.1 Å². The Hall–Kier alpha value is -1.18. The van der Waals surface area contributed by atoms with E-state index in [1.807, 2.05) is 6.08 Å². The average Bonchev–Trinajstić information content (AvgIpc) is 2.15. The SMILES string of the molecule is CC(=O)C(=O)CCC1=CCCC=C1. The lowest BCUT2D eigenvalue weighted by Gasteiger charge is -2.04. The number of hydrogen-bond donors (Lipinski definition) is 0. The monoisotopic (exact) mass is 178 g/mol. The predicted molar refractivity (Wildman–Crippen MR) is 51.4 cm³/mol. The summed E-state index contributed by atoms with van der Waals surface area (Å²) in [6, 6.07) is 0. The molecule has 0 radical (unpaired) electrons. The first-order valence-corrected chi connectivity index (χ1v) is 4.59. The van der Waals surface area contributed by atoms with Crippen LogP contribution < -0.4 is 0 Å². The van der Waals surface area contributed by atoms with E-state index in [9.17, 15) is 9.59 Å². The van der Waals surface area contributed by atoms with Crippen LogP contribution in [0, 0.1) is 0 Å². The maximum atomic E-state index is 11.0. The van der Waals surface area contributed by atoms with Gasteiger partial charge in [0.2, 0.25) is 0 Å². The van der Waals surface area contributed by atoms with Crippen molar-refractivity contribution in [2.24, 2.45) is 0 Å². The molecule has 0 aliphatic heterocycles. The van der Waals surface area contributed by atoms with Crippen LogP contribution in [-0.4, -0.2) is 11.6 Å². The minimum absolute atomic E-state index is 0.264. The second-order valence-corrected chi connectivity index (χ2v) is 3.24. The van der Waals surface area contributed by atoms with Crippen molar-refractivity contribution in [1.82, 2.24) is 0 Å². The van der Waals surface area contributed by atoms with Crippen molar-refractivity contribution in [3.05, 3.63) is 23.8 Å². The largest absolute Gasteiger partial charge is 0.291 e. The highest BCUT2D eigenvalue weighted by atomic mass is 16.2. The van der Waals surface area contributed by atoms with Crippen LogP contribution >= 0.6 is 0 Å². The van der Waals surface area contributed by atoms with Gasteiger partial charge in [0.15, 0.2) is 11.6 Å². The number of hydrogen-bond acceptors (Lipinski definition) is 2. The summed E-state index contributed by atoms with van der Waals surface area (Å²) in [5, 5.41) is 0. The third-order valence-electron chi connectivity index (χ3n) is 2.11. The smallest absolute Gasteiger partial charge is 0.198 e. The van der Waals surface area contributed by atoms with Crippen molar-refractivity contribution >= 4 is 11.6 Å². The van der Waals surface area contributed by atoms with Gasteiger partial charge in [-0.15, -0.1) is 0 Å². The molecule has 1 rings (SSSR count). The van der Waals surface area contributed by atoms with E-state index in [0.29, 0.717) is 12.8 Å². The molecule has 0 bridgehead atoms. The molecule has 2 nitrogen and oxygen atoms in total. The van der Waals surface area contributed by atoms with Crippen LogP contribution in [0.4, 0.5) is 0 Å². The van der Waals surface area contributed by atoms with Crippen molar-refractivity contribution in [2.45, 2.75) is 32.6 Å². The van der Waals surface area contributed by atoms with Gasteiger partial charge in [-0.05, 0) is 19.3 Å². The zero-order chi connectivity index (χ0) is 9.68. The van der Waals surface area contributed by atoms with E-state index in [-0.39, 0.29) is 11.6 Å². The summed E-state index contributed by atoms with van der Waals surface area (Å²) in [5.74, 6) is -0.597. The molecule has 0 atom stereocenters. The molecule has 1 aliphatic carbocycles. The molecule has 0 spiro atoms. The van der Waals surface area contributed by atoms with Crippen LogP contribution in [0.15, 0.2) is 23.8 Å². The number of allylic oxidation sites excluding steroid dienone is 4. The lowest BCUT2D eigenvalue weighted by molar-refractivity contribution is -0.135. The molecule has 0 aromatic carbocycles. The fourth-order valence-corrected chi connectivity index (χ4v) is 1.29. The van der Waals surface area contributed by atoms with Crippen molar-refractivity contribution in [1.29, 1.82) is 0 Å². The van der Waals surface area contributed by atoms with E-state index >= 15 is 0 Å². The van der Waals surface area contributed by atoms with Crippen molar-refractivity contribution < 1.29 is 9.59 Å². The minimum Gasteiger partial charge on any atom is -0.291 e. The van der Waals surface area contributed by atoms with Gasteiger partial charge in [0.25, 0.3) is 0 Å². The third-order valence-corrected chi connectivity index (χ3v) is 2.11. The molecular formula is C11H14O2. The summed E-state index contributed by atoms with van der Waals surface area (Å²) in [7, 11) is 0. The molecule has 0 aromatic rings. The first kappa shape index (κ1) is 9.90. The van der Waals surface area contributed by atoms with E-state index in [2.05, 4.69) is 12.2 Å². The second-order valence-electron chi connectivity index (χ2n) is 3.24. The molecule has 0 fully saturated rings. The molecule has 0 saturated carbocycles. The lowest BCUT2D eigenvalue weighted by Crippen LogP contribution is -2.08. The van der Waals surface area contributed by atoms with Gasteiger partial charge in [0.05, 0.1) is 0 Å². The molecule has 0 saturated heterocycles. The number of carbonyl (C=O) groups is 2. The molecule has 0 unspecified atom stereocenters. The highest BCUT2D eigenvalue weighted by Crippen LogP contribution is 2.14. The maximum Gasteiger partial charge on any atom is 0.198 e. The normalized spacial score (nSPS) is 15.3. The summed E-state index contributed by atoms with van der Waals surface area (Å²) >= 11 is 0. The Bertz CT molecular complexity index is 272. The molecular weight excluding hydrogens is 164 g/mol. The van der Waals surface area contributed by atoms with Gasteiger partial charge < -0.3 is 0 Å². The minimum atomic E-state index is -0.333. The van der Waals surface area contributed by atoms with Crippen LogP contribution in [0.25, 0.3) is 0 Å². The summed E-state index contributed by atoms with van der Waals surface area (Å²) in [5.41, 5.74) is 1.18. The molecule has 1 aliphatic rings. The highest BCUT2D eigenvalue weighted by Gasteiger charge is 2.08. The number of Topliss-reactive ketones (excluding diaryl/α,β-unsaturated/α-hetero) is 2. The van der Waals surface area contributed by atoms with Crippen LogP contribution in [0.2, 0.25) is 0 Å². The average molecular weight is 178 g/mol. The first-order valence-electron chi connectivity index (χ1n) is 4.59. The van der Waals surface area contributed by atoms with E-state index < -0.39 is 0 Å². The van der Waals surface area contributed by atoms with E-state index in [1.165, 1.54) is 12.5 Å². The Kier molecular flexibility index (Phi) is 3.62. The second kappa shape index (κ2) is 4.75. The fraction of sp³-hybridized carbons (Fsp3) is 0.455. The number of rotatable bonds is 4. The van der Waals surface area contributed by atoms with Crippen LogP contribution in [0.1, 0.15) is 32.6 Å². The van der Waals surface area contributed by atoms with Crippen LogP contribution in [-0.2, 0) is 9.59 Å². The van der Waals surface area contributed by atoms with Crippen molar-refractivity contribution in [2.75, 3.05) is 0 Å². The quantitative estimate of drug-likeness (QED) is 0.618. The van der Waals surface area contributed by atoms with Gasteiger partial charge in [0.1, 0.15) is 0 Å². The van der Waals surface area contributed by atoms with Crippen LogP contribution in [0.5, 0.6) is 0 Å². The zero-order valence-corrected chi connectivity index (χ0v) is 7.88. The predicted octanol–water partition coefficient (Wildman–Crippen LogP) is 2.20.